The number of non-ortho nitro benzene ring substituents is 1. The molecule has 0 fully saturated rings. The largest absolute Gasteiger partial charge is 0.465 e. The third-order valence-corrected chi connectivity index (χ3v) is 3.00. The number of nitro groups is 1. The maximum Gasteiger partial charge on any atom is 0.338 e. The van der Waals surface area contributed by atoms with Crippen LogP contribution in [0, 0.1) is 10.1 Å². The van der Waals surface area contributed by atoms with Gasteiger partial charge in [0.15, 0.2) is 0 Å². The normalized spacial score (nSPS) is 10.5. The summed E-state index contributed by atoms with van der Waals surface area (Å²) in [5.41, 5.74) is 0.883. The number of nitro benzene ring substituents is 1. The number of hydrogen-bond acceptors (Lipinski definition) is 5. The van der Waals surface area contributed by atoms with Gasteiger partial charge in [0.05, 0.1) is 17.6 Å². The van der Waals surface area contributed by atoms with Gasteiger partial charge in [0.2, 0.25) is 0 Å². The second-order valence-corrected chi connectivity index (χ2v) is 4.05. The van der Waals surface area contributed by atoms with E-state index in [0.29, 0.717) is 6.54 Å². The molecule has 19 heavy (non-hydrogen) atoms. The van der Waals surface area contributed by atoms with Gasteiger partial charge < -0.3 is 4.74 Å². The summed E-state index contributed by atoms with van der Waals surface area (Å²) < 4.78 is 4.68. The molecule has 6 heteroatoms. The molecule has 0 aliphatic carbocycles. The van der Waals surface area contributed by atoms with Crippen molar-refractivity contribution in [2.75, 3.05) is 20.2 Å². The van der Waals surface area contributed by atoms with Crippen LogP contribution in [0.5, 0.6) is 0 Å². The fourth-order valence-corrected chi connectivity index (χ4v) is 1.80. The number of nitrogens with zero attached hydrogens (tertiary/aromatic N) is 2. The van der Waals surface area contributed by atoms with E-state index in [4.69, 9.17) is 0 Å². The van der Waals surface area contributed by atoms with E-state index in [2.05, 4.69) is 9.64 Å². The quantitative estimate of drug-likeness (QED) is 0.448. The second kappa shape index (κ2) is 6.84. The number of carbonyl (C=O) groups is 1. The van der Waals surface area contributed by atoms with Gasteiger partial charge in [0, 0.05) is 18.7 Å². The molecule has 0 aromatic heterocycles. The van der Waals surface area contributed by atoms with Crippen LogP contribution in [0.1, 0.15) is 29.8 Å². The Kier molecular flexibility index (Phi) is 5.44. The Morgan fingerprint density at radius 1 is 1.37 bits per heavy atom. The fourth-order valence-electron chi connectivity index (χ4n) is 1.80. The molecule has 0 aliphatic rings. The highest BCUT2D eigenvalue weighted by Crippen LogP contribution is 2.20. The molecular weight excluding hydrogens is 248 g/mol. The average Bonchev–Trinajstić information content (AvgIpc) is 2.43. The zero-order chi connectivity index (χ0) is 14.4. The number of hydrogen-bond donors (Lipinski definition) is 0. The number of methoxy groups -OCH3 is 1. The first-order valence-corrected chi connectivity index (χ1v) is 6.11. The molecular formula is C13H18N2O4. The Bertz CT molecular complexity index is 470. The predicted octanol–water partition coefficient (Wildman–Crippen LogP) is 2.22. The second-order valence-electron chi connectivity index (χ2n) is 4.05. The minimum Gasteiger partial charge on any atom is -0.465 e. The SMILES string of the molecule is CCN(CC)Cc1ccc([N+](=O)[O-])cc1C(=O)OC. The molecule has 0 unspecified atom stereocenters. The lowest BCUT2D eigenvalue weighted by Crippen LogP contribution is -2.23. The van der Waals surface area contributed by atoms with Crippen LogP contribution in [0.25, 0.3) is 0 Å². The van der Waals surface area contributed by atoms with Crippen LogP contribution in [-0.4, -0.2) is 36.0 Å². The molecule has 0 spiro atoms. The van der Waals surface area contributed by atoms with E-state index in [1.165, 1.54) is 19.2 Å². The maximum absolute atomic E-state index is 11.7. The summed E-state index contributed by atoms with van der Waals surface area (Å²) in [4.78, 5) is 24.1. The molecule has 0 saturated heterocycles. The summed E-state index contributed by atoms with van der Waals surface area (Å²) in [6.07, 6.45) is 0. The lowest BCUT2D eigenvalue weighted by molar-refractivity contribution is -0.384. The molecule has 0 saturated carbocycles. The number of rotatable bonds is 6. The number of carbonyl (C=O) groups excluding carboxylic acids is 1. The monoisotopic (exact) mass is 266 g/mol. The maximum atomic E-state index is 11.7. The summed E-state index contributed by atoms with van der Waals surface area (Å²) in [7, 11) is 1.27. The summed E-state index contributed by atoms with van der Waals surface area (Å²) in [5.74, 6) is -0.550. The van der Waals surface area contributed by atoms with Crippen molar-refractivity contribution in [1.82, 2.24) is 4.90 Å². The highest BCUT2D eigenvalue weighted by molar-refractivity contribution is 5.91. The van der Waals surface area contributed by atoms with Crippen molar-refractivity contribution >= 4 is 11.7 Å². The lowest BCUT2D eigenvalue weighted by Gasteiger charge is -2.19. The molecule has 1 aromatic carbocycles. The summed E-state index contributed by atoms with van der Waals surface area (Å²) >= 11 is 0. The number of ether oxygens (including phenoxy) is 1. The third kappa shape index (κ3) is 3.75. The van der Waals surface area contributed by atoms with Crippen LogP contribution >= 0.6 is 0 Å². The van der Waals surface area contributed by atoms with Crippen molar-refractivity contribution in [3.63, 3.8) is 0 Å². The first-order chi connectivity index (χ1) is 9.03. The van der Waals surface area contributed by atoms with Crippen molar-refractivity contribution in [2.24, 2.45) is 0 Å². The van der Waals surface area contributed by atoms with E-state index in [9.17, 15) is 14.9 Å². The van der Waals surface area contributed by atoms with Crippen LogP contribution in [0.3, 0.4) is 0 Å². The van der Waals surface area contributed by atoms with Gasteiger partial charge in [-0.1, -0.05) is 19.9 Å². The molecule has 0 bridgehead atoms. The Balaban J connectivity index is 3.15. The van der Waals surface area contributed by atoms with Crippen molar-refractivity contribution in [3.05, 3.63) is 39.4 Å². The Labute approximate surface area is 112 Å². The predicted molar refractivity (Wildman–Crippen MR) is 71.1 cm³/mol. The molecule has 1 rings (SSSR count). The molecule has 1 aromatic rings. The fraction of sp³-hybridized carbons (Fsp3) is 0.462. The van der Waals surface area contributed by atoms with Crippen molar-refractivity contribution in [2.45, 2.75) is 20.4 Å². The van der Waals surface area contributed by atoms with Crippen molar-refractivity contribution in [3.8, 4) is 0 Å². The van der Waals surface area contributed by atoms with Crippen LogP contribution < -0.4 is 0 Å². The smallest absolute Gasteiger partial charge is 0.338 e. The molecule has 0 amide bonds. The van der Waals surface area contributed by atoms with Crippen LogP contribution in [0.15, 0.2) is 18.2 Å². The molecule has 0 heterocycles. The highest BCUT2D eigenvalue weighted by Gasteiger charge is 2.18. The minimum absolute atomic E-state index is 0.108. The Morgan fingerprint density at radius 2 is 2.00 bits per heavy atom. The van der Waals surface area contributed by atoms with E-state index < -0.39 is 10.9 Å². The van der Waals surface area contributed by atoms with Gasteiger partial charge in [-0.2, -0.15) is 0 Å². The van der Waals surface area contributed by atoms with E-state index in [1.807, 2.05) is 13.8 Å². The molecule has 0 N–H and O–H groups in total. The van der Waals surface area contributed by atoms with E-state index in [1.54, 1.807) is 6.07 Å². The number of esters is 1. The Hall–Kier alpha value is -1.95. The van der Waals surface area contributed by atoms with Gasteiger partial charge in [0.1, 0.15) is 0 Å². The van der Waals surface area contributed by atoms with E-state index in [-0.39, 0.29) is 11.3 Å². The zero-order valence-corrected chi connectivity index (χ0v) is 11.4. The highest BCUT2D eigenvalue weighted by atomic mass is 16.6. The van der Waals surface area contributed by atoms with Gasteiger partial charge in [-0.25, -0.2) is 4.79 Å². The van der Waals surface area contributed by atoms with Crippen molar-refractivity contribution in [1.29, 1.82) is 0 Å². The summed E-state index contributed by atoms with van der Waals surface area (Å²) in [6.45, 7) is 6.29. The zero-order valence-electron chi connectivity index (χ0n) is 11.4. The summed E-state index contributed by atoms with van der Waals surface area (Å²) in [5, 5.41) is 10.8. The van der Waals surface area contributed by atoms with Crippen molar-refractivity contribution < 1.29 is 14.5 Å². The molecule has 0 atom stereocenters. The molecule has 104 valence electrons. The first kappa shape index (κ1) is 15.1. The average molecular weight is 266 g/mol. The molecule has 0 radical (unpaired) electrons. The number of benzene rings is 1. The van der Waals surface area contributed by atoms with Gasteiger partial charge in [0.25, 0.3) is 5.69 Å². The van der Waals surface area contributed by atoms with Gasteiger partial charge >= 0.3 is 5.97 Å². The van der Waals surface area contributed by atoms with E-state index in [0.717, 1.165) is 18.7 Å². The van der Waals surface area contributed by atoms with Gasteiger partial charge in [-0.15, -0.1) is 0 Å². The van der Waals surface area contributed by atoms with Crippen LogP contribution in [0.4, 0.5) is 5.69 Å². The molecule has 0 aliphatic heterocycles. The van der Waals surface area contributed by atoms with Gasteiger partial charge in [-0.3, -0.25) is 15.0 Å². The van der Waals surface area contributed by atoms with E-state index >= 15 is 0 Å². The first-order valence-electron chi connectivity index (χ1n) is 6.11. The topological polar surface area (TPSA) is 72.7 Å². The Morgan fingerprint density at radius 3 is 2.47 bits per heavy atom. The minimum atomic E-state index is -0.550. The standard InChI is InChI=1S/C13H18N2O4/c1-4-14(5-2)9-10-6-7-11(15(17)18)8-12(10)13(16)19-3/h6-8H,4-5,9H2,1-3H3. The lowest BCUT2D eigenvalue weighted by atomic mass is 10.1. The van der Waals surface area contributed by atoms with Crippen LogP contribution in [0.2, 0.25) is 0 Å². The molecule has 6 nitrogen and oxygen atoms in total. The third-order valence-electron chi connectivity index (χ3n) is 3.00. The summed E-state index contributed by atoms with van der Waals surface area (Å²) in [6, 6.07) is 4.29. The van der Waals surface area contributed by atoms with Crippen LogP contribution in [-0.2, 0) is 11.3 Å². The van der Waals surface area contributed by atoms with Gasteiger partial charge in [-0.05, 0) is 18.7 Å².